The number of halogens is 1. The zero-order valence-corrected chi connectivity index (χ0v) is 19.3. The molecule has 0 unspecified atom stereocenters. The van der Waals surface area contributed by atoms with Crippen molar-refractivity contribution >= 4 is 38.0 Å². The summed E-state index contributed by atoms with van der Waals surface area (Å²) in [4.78, 5) is 9.80. The molecule has 0 spiro atoms. The first-order valence-corrected chi connectivity index (χ1v) is 11.2. The summed E-state index contributed by atoms with van der Waals surface area (Å²) < 4.78 is 37.8. The van der Waals surface area contributed by atoms with Gasteiger partial charge in [0.25, 0.3) is 0 Å². The van der Waals surface area contributed by atoms with Crippen LogP contribution in [0.4, 0.5) is 0 Å². The molecule has 2 heterocycles. The Morgan fingerprint density at radius 2 is 1.81 bits per heavy atom. The predicted molar refractivity (Wildman–Crippen MR) is 131 cm³/mol. The smallest absolute Gasteiger partial charge is 0.140 e. The van der Waals surface area contributed by atoms with Gasteiger partial charge in [0.15, 0.2) is 0 Å². The summed E-state index contributed by atoms with van der Waals surface area (Å²) >= 11 is 3.19. The fraction of sp³-hybridized carbons (Fsp3) is 0.231. The lowest BCUT2D eigenvalue weighted by molar-refractivity contribution is 0.721. The summed E-state index contributed by atoms with van der Waals surface area (Å²) in [7, 11) is 2.01. The van der Waals surface area contributed by atoms with Crippen LogP contribution in [-0.2, 0) is 20.0 Å². The highest BCUT2D eigenvalue weighted by atomic mass is 79.9. The molecule has 0 amide bonds. The quantitative estimate of drug-likeness (QED) is 0.284. The molecule has 3 aromatic carbocycles. The Morgan fingerprint density at radius 3 is 2.55 bits per heavy atom. The third-order valence-electron chi connectivity index (χ3n) is 5.61. The maximum absolute atomic E-state index is 8.50. The first-order valence-electron chi connectivity index (χ1n) is 12.4. The largest absolute Gasteiger partial charge is 0.327 e. The Morgan fingerprint density at radius 1 is 1.03 bits per heavy atom. The molecule has 0 aliphatic rings. The second-order valence-electron chi connectivity index (χ2n) is 7.80. The molecule has 5 heteroatoms. The first-order chi connectivity index (χ1) is 16.7. The van der Waals surface area contributed by atoms with Crippen molar-refractivity contribution in [1.29, 1.82) is 0 Å². The van der Waals surface area contributed by atoms with Crippen molar-refractivity contribution in [3.05, 3.63) is 82.0 Å². The maximum Gasteiger partial charge on any atom is 0.140 e. The Hall–Kier alpha value is -2.92. The van der Waals surface area contributed by atoms with Crippen LogP contribution in [0.15, 0.2) is 65.0 Å². The van der Waals surface area contributed by atoms with Crippen molar-refractivity contribution in [3.63, 3.8) is 0 Å². The van der Waals surface area contributed by atoms with Gasteiger partial charge in [-0.2, -0.15) is 0 Å². The molecule has 0 saturated carbocycles. The van der Waals surface area contributed by atoms with Crippen LogP contribution in [0.1, 0.15) is 35.8 Å². The van der Waals surface area contributed by atoms with Gasteiger partial charge in [0.2, 0.25) is 0 Å². The minimum Gasteiger partial charge on any atom is -0.327 e. The van der Waals surface area contributed by atoms with E-state index in [-0.39, 0.29) is 35.2 Å². The second kappa shape index (κ2) is 7.97. The van der Waals surface area contributed by atoms with Gasteiger partial charge in [-0.3, -0.25) is 0 Å². The van der Waals surface area contributed by atoms with E-state index in [1.165, 1.54) is 0 Å². The van der Waals surface area contributed by atoms with E-state index in [1.54, 1.807) is 0 Å². The van der Waals surface area contributed by atoms with Gasteiger partial charge in [0.05, 0.1) is 27.5 Å². The van der Waals surface area contributed by atoms with Crippen molar-refractivity contribution < 1.29 is 5.48 Å². The number of imidazole rings is 2. The fourth-order valence-corrected chi connectivity index (χ4v) is 4.32. The lowest BCUT2D eigenvalue weighted by atomic mass is 10.1. The molecular formula is C26H25BrN4. The van der Waals surface area contributed by atoms with Crippen LogP contribution in [0.25, 0.3) is 33.5 Å². The number of fused-ring (bicyclic) bond motifs is 2. The minimum atomic E-state index is -0.0703. The third kappa shape index (κ3) is 3.57. The van der Waals surface area contributed by atoms with Gasteiger partial charge in [0, 0.05) is 30.0 Å². The molecule has 0 fully saturated rings. The van der Waals surface area contributed by atoms with Crippen molar-refractivity contribution in [2.24, 2.45) is 7.05 Å². The standard InChI is InChI=1S/C26H25BrN4/c1-4-7-24-29-25-17(2)14-19(26-28-21-8-5-6-9-22(21)30(26)3)15-23(25)31(24)16-18-10-12-20(27)13-11-18/h5-6,8-15H,4,7,16H2,1-3H3/i10D,11D,12D,13D. The Balaban J connectivity index is 1.74. The SMILES string of the molecule is [2H]c1c([2H])c(Cn2c(CCC)nc3c(C)cc(-c4nc5ccccc5n4C)cc32)c([2H])c([2H])c1Br. The van der Waals surface area contributed by atoms with E-state index >= 15 is 0 Å². The first kappa shape index (κ1) is 15.8. The van der Waals surface area contributed by atoms with Gasteiger partial charge in [-0.25, -0.2) is 9.97 Å². The molecule has 0 aliphatic heterocycles. The van der Waals surface area contributed by atoms with E-state index in [2.05, 4.69) is 45.6 Å². The van der Waals surface area contributed by atoms with Crippen LogP contribution in [0, 0.1) is 6.92 Å². The average molecular weight is 477 g/mol. The molecule has 0 radical (unpaired) electrons. The zero-order chi connectivity index (χ0) is 25.0. The lowest BCUT2D eigenvalue weighted by Crippen LogP contribution is -2.05. The normalized spacial score (nSPS) is 13.4. The Labute approximate surface area is 196 Å². The Kier molecular flexibility index (Phi) is 4.07. The van der Waals surface area contributed by atoms with Crippen LogP contribution in [0.3, 0.4) is 0 Å². The van der Waals surface area contributed by atoms with Gasteiger partial charge in [0.1, 0.15) is 11.6 Å². The maximum atomic E-state index is 8.50. The van der Waals surface area contributed by atoms with Gasteiger partial charge < -0.3 is 9.13 Å². The van der Waals surface area contributed by atoms with Crippen molar-refractivity contribution in [2.45, 2.75) is 33.2 Å². The summed E-state index contributed by atoms with van der Waals surface area (Å²) in [6, 6.07) is 12.0. The van der Waals surface area contributed by atoms with Gasteiger partial charge in [-0.15, -0.1) is 0 Å². The van der Waals surface area contributed by atoms with Crippen molar-refractivity contribution in [3.8, 4) is 11.4 Å². The third-order valence-corrected chi connectivity index (χ3v) is 6.00. The zero-order valence-electron chi connectivity index (χ0n) is 21.8. The number of aromatic nitrogens is 4. The highest BCUT2D eigenvalue weighted by Crippen LogP contribution is 2.30. The van der Waals surface area contributed by atoms with E-state index < -0.39 is 0 Å². The van der Waals surface area contributed by atoms with Crippen LogP contribution in [0.2, 0.25) is 0 Å². The molecule has 5 rings (SSSR count). The number of rotatable bonds is 5. The van der Waals surface area contributed by atoms with Crippen molar-refractivity contribution in [1.82, 2.24) is 19.1 Å². The number of hydrogen-bond acceptors (Lipinski definition) is 2. The fourth-order valence-electron chi connectivity index (χ4n) is 4.12. The number of hydrogen-bond donors (Lipinski definition) is 0. The number of aryl methyl sites for hydroxylation is 3. The minimum absolute atomic E-state index is 0.0367. The molecule has 2 aromatic heterocycles. The van der Waals surface area contributed by atoms with Crippen LogP contribution in [-0.4, -0.2) is 19.1 Å². The average Bonchev–Trinajstić information content (AvgIpc) is 3.37. The molecule has 0 saturated heterocycles. The molecular weight excluding hydrogens is 448 g/mol. The van der Waals surface area contributed by atoms with E-state index in [4.69, 9.17) is 15.5 Å². The van der Waals surface area contributed by atoms with Gasteiger partial charge in [-0.05, 0) is 60.8 Å². The summed E-state index contributed by atoms with van der Waals surface area (Å²) in [6.45, 7) is 4.34. The van der Waals surface area contributed by atoms with E-state index in [0.717, 1.165) is 57.7 Å². The lowest BCUT2D eigenvalue weighted by Gasteiger charge is -2.11. The van der Waals surface area contributed by atoms with E-state index in [9.17, 15) is 0 Å². The second-order valence-corrected chi connectivity index (χ2v) is 8.59. The van der Waals surface area contributed by atoms with E-state index in [0.29, 0.717) is 5.56 Å². The summed E-state index contributed by atoms with van der Waals surface area (Å²) in [6.07, 6.45) is 1.64. The summed E-state index contributed by atoms with van der Waals surface area (Å²) in [5, 5.41) is 0. The summed E-state index contributed by atoms with van der Waals surface area (Å²) in [5.41, 5.74) is 6.11. The topological polar surface area (TPSA) is 35.6 Å². The van der Waals surface area contributed by atoms with Crippen LogP contribution in [0.5, 0.6) is 0 Å². The van der Waals surface area contributed by atoms with Crippen molar-refractivity contribution in [2.75, 3.05) is 0 Å². The molecule has 0 bridgehead atoms. The molecule has 31 heavy (non-hydrogen) atoms. The number of nitrogens with zero attached hydrogens (tertiary/aromatic N) is 4. The van der Waals surface area contributed by atoms with E-state index in [1.807, 2.05) is 36.7 Å². The predicted octanol–water partition coefficient (Wildman–Crippen LogP) is 6.66. The van der Waals surface area contributed by atoms with Gasteiger partial charge in [-0.1, -0.05) is 47.1 Å². The number of benzene rings is 3. The van der Waals surface area contributed by atoms with Crippen LogP contribution >= 0.6 is 15.9 Å². The van der Waals surface area contributed by atoms with Gasteiger partial charge >= 0.3 is 0 Å². The molecule has 4 nitrogen and oxygen atoms in total. The highest BCUT2D eigenvalue weighted by molar-refractivity contribution is 9.10. The highest BCUT2D eigenvalue weighted by Gasteiger charge is 2.17. The molecule has 5 aromatic rings. The number of para-hydroxylation sites is 2. The van der Waals surface area contributed by atoms with Crippen LogP contribution < -0.4 is 0 Å². The molecule has 0 N–H and O–H groups in total. The molecule has 0 atom stereocenters. The monoisotopic (exact) mass is 476 g/mol. The molecule has 156 valence electrons. The molecule has 0 aliphatic carbocycles. The Bertz CT molecular complexity index is 1590. The summed E-state index contributed by atoms with van der Waals surface area (Å²) in [5.74, 6) is 1.72.